The van der Waals surface area contributed by atoms with Crippen LogP contribution in [-0.4, -0.2) is 29.9 Å². The summed E-state index contributed by atoms with van der Waals surface area (Å²) in [7, 11) is 0. The van der Waals surface area contributed by atoms with Crippen LogP contribution in [0.4, 0.5) is 4.39 Å². The van der Waals surface area contributed by atoms with Crippen LogP contribution in [0.2, 0.25) is 5.02 Å². The van der Waals surface area contributed by atoms with Crippen LogP contribution in [0.25, 0.3) is 0 Å². The van der Waals surface area contributed by atoms with Crippen LogP contribution in [0, 0.1) is 5.82 Å². The fourth-order valence-corrected chi connectivity index (χ4v) is 2.74. The molecular weight excluding hydrogens is 255 g/mol. The number of likely N-dealkylation sites (tertiary alicyclic amines) is 1. The predicted molar refractivity (Wildman–Crippen MR) is 68.9 cm³/mol. The highest BCUT2D eigenvalue weighted by atomic mass is 35.5. The van der Waals surface area contributed by atoms with Gasteiger partial charge in [0.15, 0.2) is 0 Å². The maximum atomic E-state index is 13.7. The topological polar surface area (TPSA) is 46.3 Å². The van der Waals surface area contributed by atoms with Crippen molar-refractivity contribution in [3.8, 4) is 0 Å². The lowest BCUT2D eigenvalue weighted by Crippen LogP contribution is -2.38. The van der Waals surface area contributed by atoms with Gasteiger partial charge in [-0.15, -0.1) is 0 Å². The second kappa shape index (κ2) is 5.67. The molecule has 98 valence electrons. The lowest BCUT2D eigenvalue weighted by Gasteiger charge is -2.23. The largest absolute Gasteiger partial charge is 0.369 e. The first kappa shape index (κ1) is 13.3. The van der Waals surface area contributed by atoms with Gasteiger partial charge in [0.25, 0.3) is 0 Å². The van der Waals surface area contributed by atoms with E-state index >= 15 is 0 Å². The maximum Gasteiger partial charge on any atom is 0.231 e. The fraction of sp³-hybridized carbons (Fsp3) is 0.462. The van der Waals surface area contributed by atoms with E-state index in [1.54, 1.807) is 12.1 Å². The Bertz CT molecular complexity index is 432. The molecule has 1 aliphatic heterocycles. The predicted octanol–water partition coefficient (Wildman–Crippen LogP) is 1.97. The molecular formula is C13H16ClFN2O. The SMILES string of the molecule is NC(=O)CN1CCCC1Cc1c(F)cccc1Cl. The van der Waals surface area contributed by atoms with Crippen molar-refractivity contribution >= 4 is 17.5 Å². The number of carbonyl (C=O) groups is 1. The summed E-state index contributed by atoms with van der Waals surface area (Å²) in [5, 5.41) is 0.445. The van der Waals surface area contributed by atoms with Crippen molar-refractivity contribution < 1.29 is 9.18 Å². The molecule has 1 atom stereocenters. The van der Waals surface area contributed by atoms with E-state index in [-0.39, 0.29) is 24.3 Å². The summed E-state index contributed by atoms with van der Waals surface area (Å²) in [5.41, 5.74) is 5.74. The molecule has 0 radical (unpaired) electrons. The average Bonchev–Trinajstić information content (AvgIpc) is 2.70. The highest BCUT2D eigenvalue weighted by molar-refractivity contribution is 6.31. The Morgan fingerprint density at radius 1 is 1.56 bits per heavy atom. The normalized spacial score (nSPS) is 20.2. The zero-order chi connectivity index (χ0) is 13.1. The van der Waals surface area contributed by atoms with Crippen molar-refractivity contribution in [2.24, 2.45) is 5.73 Å². The third kappa shape index (κ3) is 3.00. The van der Waals surface area contributed by atoms with Gasteiger partial charge in [-0.05, 0) is 37.9 Å². The number of nitrogens with zero attached hydrogens (tertiary/aromatic N) is 1. The number of hydrogen-bond acceptors (Lipinski definition) is 2. The third-order valence-corrected chi connectivity index (χ3v) is 3.71. The van der Waals surface area contributed by atoms with Gasteiger partial charge in [0.2, 0.25) is 5.91 Å². The first-order valence-corrected chi connectivity index (χ1v) is 6.41. The molecule has 0 spiro atoms. The highest BCUT2D eigenvalue weighted by Crippen LogP contribution is 2.26. The number of rotatable bonds is 4. The van der Waals surface area contributed by atoms with Crippen molar-refractivity contribution in [2.45, 2.75) is 25.3 Å². The number of amides is 1. The molecule has 0 bridgehead atoms. The standard InChI is InChI=1S/C13H16ClFN2O/c14-11-4-1-5-12(15)10(11)7-9-3-2-6-17(9)8-13(16)18/h1,4-5,9H,2-3,6-8H2,(H2,16,18). The number of nitrogens with two attached hydrogens (primary N) is 1. The summed E-state index contributed by atoms with van der Waals surface area (Å²) in [4.78, 5) is 13.0. The summed E-state index contributed by atoms with van der Waals surface area (Å²) in [6.07, 6.45) is 2.47. The second-order valence-corrected chi connectivity index (χ2v) is 5.04. The maximum absolute atomic E-state index is 13.7. The zero-order valence-corrected chi connectivity index (χ0v) is 10.8. The first-order chi connectivity index (χ1) is 8.58. The fourth-order valence-electron chi connectivity index (χ4n) is 2.50. The average molecular weight is 271 g/mol. The second-order valence-electron chi connectivity index (χ2n) is 4.64. The van der Waals surface area contributed by atoms with Crippen LogP contribution in [0.3, 0.4) is 0 Å². The Balaban J connectivity index is 2.10. The molecule has 1 heterocycles. The number of hydrogen-bond donors (Lipinski definition) is 1. The van der Waals surface area contributed by atoms with Crippen LogP contribution in [0.5, 0.6) is 0 Å². The number of carbonyl (C=O) groups excluding carboxylic acids is 1. The van der Waals surface area contributed by atoms with E-state index in [2.05, 4.69) is 0 Å². The van der Waals surface area contributed by atoms with E-state index in [0.29, 0.717) is 17.0 Å². The smallest absolute Gasteiger partial charge is 0.231 e. The van der Waals surface area contributed by atoms with E-state index in [0.717, 1.165) is 19.4 Å². The lowest BCUT2D eigenvalue weighted by atomic mass is 10.0. The molecule has 5 heteroatoms. The summed E-state index contributed by atoms with van der Waals surface area (Å²) in [6, 6.07) is 4.84. The molecule has 1 unspecified atom stereocenters. The zero-order valence-electron chi connectivity index (χ0n) is 10.0. The van der Waals surface area contributed by atoms with E-state index < -0.39 is 0 Å². The van der Waals surface area contributed by atoms with Gasteiger partial charge >= 0.3 is 0 Å². The van der Waals surface area contributed by atoms with E-state index in [9.17, 15) is 9.18 Å². The van der Waals surface area contributed by atoms with Crippen LogP contribution < -0.4 is 5.73 Å². The van der Waals surface area contributed by atoms with Gasteiger partial charge < -0.3 is 5.73 Å². The molecule has 18 heavy (non-hydrogen) atoms. The molecule has 0 aliphatic carbocycles. The van der Waals surface area contributed by atoms with Gasteiger partial charge in [0, 0.05) is 16.6 Å². The molecule has 1 fully saturated rings. The van der Waals surface area contributed by atoms with Crippen molar-refractivity contribution in [1.29, 1.82) is 0 Å². The van der Waals surface area contributed by atoms with Crippen LogP contribution in [0.1, 0.15) is 18.4 Å². The molecule has 1 saturated heterocycles. The van der Waals surface area contributed by atoms with Gasteiger partial charge in [0.1, 0.15) is 5.82 Å². The Morgan fingerprint density at radius 3 is 3.00 bits per heavy atom. The quantitative estimate of drug-likeness (QED) is 0.909. The van der Waals surface area contributed by atoms with E-state index in [1.807, 2.05) is 4.90 Å². The van der Waals surface area contributed by atoms with Crippen LogP contribution in [-0.2, 0) is 11.2 Å². The Morgan fingerprint density at radius 2 is 2.33 bits per heavy atom. The van der Waals surface area contributed by atoms with Crippen LogP contribution in [0.15, 0.2) is 18.2 Å². The van der Waals surface area contributed by atoms with E-state index in [4.69, 9.17) is 17.3 Å². The van der Waals surface area contributed by atoms with Gasteiger partial charge in [-0.3, -0.25) is 9.69 Å². The Labute approximate surface area is 111 Å². The molecule has 0 saturated carbocycles. The van der Waals surface area contributed by atoms with Gasteiger partial charge in [-0.2, -0.15) is 0 Å². The monoisotopic (exact) mass is 270 g/mol. The minimum absolute atomic E-state index is 0.145. The number of benzene rings is 1. The van der Waals surface area contributed by atoms with Gasteiger partial charge in [-0.25, -0.2) is 4.39 Å². The van der Waals surface area contributed by atoms with Gasteiger partial charge in [-0.1, -0.05) is 17.7 Å². The molecule has 2 N–H and O–H groups in total. The van der Waals surface area contributed by atoms with Crippen molar-refractivity contribution in [3.63, 3.8) is 0 Å². The first-order valence-electron chi connectivity index (χ1n) is 6.03. The Hall–Kier alpha value is -1.13. The van der Waals surface area contributed by atoms with E-state index in [1.165, 1.54) is 6.07 Å². The minimum Gasteiger partial charge on any atom is -0.369 e. The molecule has 2 rings (SSSR count). The van der Waals surface area contributed by atoms with Crippen molar-refractivity contribution in [2.75, 3.05) is 13.1 Å². The Kier molecular flexibility index (Phi) is 4.19. The molecule has 0 aromatic heterocycles. The number of halogens is 2. The highest BCUT2D eigenvalue weighted by Gasteiger charge is 2.27. The van der Waals surface area contributed by atoms with Crippen molar-refractivity contribution in [1.82, 2.24) is 4.90 Å². The summed E-state index contributed by atoms with van der Waals surface area (Å²) < 4.78 is 13.7. The molecule has 3 nitrogen and oxygen atoms in total. The number of primary amides is 1. The summed E-state index contributed by atoms with van der Waals surface area (Å²) >= 11 is 6.01. The third-order valence-electron chi connectivity index (χ3n) is 3.36. The van der Waals surface area contributed by atoms with Crippen LogP contribution >= 0.6 is 11.6 Å². The van der Waals surface area contributed by atoms with Gasteiger partial charge in [0.05, 0.1) is 6.54 Å². The molecule has 1 aromatic carbocycles. The summed E-state index contributed by atoms with van der Waals surface area (Å²) in [6.45, 7) is 1.07. The molecule has 1 aliphatic rings. The molecule has 1 aromatic rings. The lowest BCUT2D eigenvalue weighted by molar-refractivity contribution is -0.119. The summed E-state index contributed by atoms with van der Waals surface area (Å²) in [5.74, 6) is -0.630. The minimum atomic E-state index is -0.346. The van der Waals surface area contributed by atoms with Crippen molar-refractivity contribution in [3.05, 3.63) is 34.6 Å². The molecule has 1 amide bonds.